The zero-order chi connectivity index (χ0) is 33.4. The van der Waals surface area contributed by atoms with Crippen molar-refractivity contribution in [2.45, 2.75) is 66.6 Å². The Morgan fingerprint density at radius 1 is 0.979 bits per heavy atom. The van der Waals surface area contributed by atoms with Gasteiger partial charge in [-0.3, -0.25) is 14.6 Å². The number of nitrogens with zero attached hydrogens (tertiary/aromatic N) is 6. The van der Waals surface area contributed by atoms with Gasteiger partial charge in [0.1, 0.15) is 16.6 Å². The van der Waals surface area contributed by atoms with Crippen molar-refractivity contribution in [2.24, 2.45) is 0 Å². The van der Waals surface area contributed by atoms with E-state index in [-0.39, 0.29) is 5.91 Å². The van der Waals surface area contributed by atoms with Gasteiger partial charge in [0.25, 0.3) is 0 Å². The molecule has 0 saturated carbocycles. The Morgan fingerprint density at radius 3 is 2.38 bits per heavy atom. The Bertz CT molecular complexity index is 2010. The number of hydrogen-bond acceptors (Lipinski definition) is 8. The minimum Gasteiger partial charge on any atom is -0.435 e. The zero-order valence-electron chi connectivity index (χ0n) is 28.3. The van der Waals surface area contributed by atoms with Gasteiger partial charge in [0.15, 0.2) is 5.58 Å². The summed E-state index contributed by atoms with van der Waals surface area (Å²) >= 11 is 1.70. The third-order valence-electron chi connectivity index (χ3n) is 9.85. The highest BCUT2D eigenvalue weighted by atomic mass is 32.1. The highest BCUT2D eigenvalue weighted by molar-refractivity contribution is 7.15. The number of likely N-dealkylation sites (tertiary alicyclic amines) is 1. The van der Waals surface area contributed by atoms with E-state index < -0.39 is 0 Å². The van der Waals surface area contributed by atoms with Crippen LogP contribution in [0.25, 0.3) is 44.3 Å². The number of nitriles is 1. The van der Waals surface area contributed by atoms with Gasteiger partial charge >= 0.3 is 0 Å². The molecule has 0 unspecified atom stereocenters. The van der Waals surface area contributed by atoms with E-state index >= 15 is 0 Å². The number of benzene rings is 3. The van der Waals surface area contributed by atoms with Gasteiger partial charge in [0.05, 0.1) is 30.9 Å². The fraction of sp³-hybridized carbons (Fsp3) is 0.385. The molecule has 9 heteroatoms. The molecule has 8 nitrogen and oxygen atoms in total. The largest absolute Gasteiger partial charge is 0.435 e. The van der Waals surface area contributed by atoms with Crippen LogP contribution in [0, 0.1) is 25.2 Å². The van der Waals surface area contributed by atoms with E-state index in [0.717, 1.165) is 88.8 Å². The number of fused-ring (bicyclic) bond motifs is 2. The van der Waals surface area contributed by atoms with Crippen LogP contribution in [-0.4, -0.2) is 63.3 Å². The molecule has 1 saturated heterocycles. The maximum absolute atomic E-state index is 12.9. The first kappa shape index (κ1) is 32.2. The van der Waals surface area contributed by atoms with Crippen molar-refractivity contribution in [1.29, 1.82) is 5.26 Å². The lowest BCUT2D eigenvalue weighted by molar-refractivity contribution is -0.132. The summed E-state index contributed by atoms with van der Waals surface area (Å²) in [5, 5.41) is 11.0. The monoisotopic (exact) mass is 658 g/mol. The standard InChI is InChI=1S/C39H42N6O2S/c1-5-15-43(6-2)21-27-18-28(20-40)37-33(19-27)41-38(47-37)31-13-9-11-29(25(31)3)30-12-10-14-32(26(30)4)39-42-34-22-45(23-35(34)48-39)36(46)24-44-16-7-8-17-44/h9-14,18-19H,5-8,15-17,21-24H2,1-4H3. The minimum atomic E-state index is 0.204. The van der Waals surface area contributed by atoms with E-state index in [4.69, 9.17) is 14.4 Å². The Hall–Kier alpha value is -4.36. The number of carbonyl (C=O) groups is 1. The molecule has 1 amide bonds. The van der Waals surface area contributed by atoms with E-state index in [9.17, 15) is 10.1 Å². The molecule has 4 heterocycles. The summed E-state index contributed by atoms with van der Waals surface area (Å²) in [6.07, 6.45) is 3.46. The Balaban J connectivity index is 1.16. The van der Waals surface area contributed by atoms with Crippen molar-refractivity contribution in [3.8, 4) is 39.2 Å². The van der Waals surface area contributed by atoms with E-state index in [2.05, 4.69) is 73.9 Å². The molecule has 48 heavy (non-hydrogen) atoms. The van der Waals surface area contributed by atoms with Crippen molar-refractivity contribution in [3.05, 3.63) is 81.4 Å². The minimum absolute atomic E-state index is 0.204. The molecule has 0 aliphatic carbocycles. The molecule has 0 spiro atoms. The van der Waals surface area contributed by atoms with E-state index in [1.807, 2.05) is 23.1 Å². The SMILES string of the molecule is CCCN(CC)Cc1cc(C#N)c2oc(-c3cccc(-c4cccc(-c5nc6c(s5)CN(C(=O)CN5CCCC5)C6)c4C)c3C)nc2c1. The summed E-state index contributed by atoms with van der Waals surface area (Å²) < 4.78 is 6.32. The van der Waals surface area contributed by atoms with Crippen LogP contribution in [0.3, 0.4) is 0 Å². The summed E-state index contributed by atoms with van der Waals surface area (Å²) in [6.45, 7) is 15.2. The predicted molar refractivity (Wildman–Crippen MR) is 191 cm³/mol. The number of oxazole rings is 1. The van der Waals surface area contributed by atoms with Crippen LogP contribution in [0.15, 0.2) is 52.9 Å². The lowest BCUT2D eigenvalue weighted by Crippen LogP contribution is -2.36. The molecule has 2 aromatic heterocycles. The second kappa shape index (κ2) is 13.6. The first-order valence-corrected chi connectivity index (χ1v) is 17.9. The van der Waals surface area contributed by atoms with Crippen LogP contribution in [0.2, 0.25) is 0 Å². The summed E-state index contributed by atoms with van der Waals surface area (Å²) in [4.78, 5) is 30.7. The second-order valence-corrected chi connectivity index (χ2v) is 14.2. The molecule has 0 radical (unpaired) electrons. The van der Waals surface area contributed by atoms with Crippen molar-refractivity contribution >= 4 is 28.3 Å². The highest BCUT2D eigenvalue weighted by Crippen LogP contribution is 2.40. The predicted octanol–water partition coefficient (Wildman–Crippen LogP) is 7.94. The Kier molecular flexibility index (Phi) is 9.15. The van der Waals surface area contributed by atoms with Gasteiger partial charge in [0, 0.05) is 22.5 Å². The Labute approximate surface area is 286 Å². The van der Waals surface area contributed by atoms with Gasteiger partial charge in [-0.15, -0.1) is 11.3 Å². The number of rotatable bonds is 10. The van der Waals surface area contributed by atoms with E-state index in [1.165, 1.54) is 17.7 Å². The number of thiazole rings is 1. The van der Waals surface area contributed by atoms with Gasteiger partial charge in [-0.2, -0.15) is 5.26 Å². The van der Waals surface area contributed by atoms with Crippen LogP contribution in [0.1, 0.15) is 65.9 Å². The maximum atomic E-state index is 12.9. The molecule has 0 atom stereocenters. The topological polar surface area (TPSA) is 89.5 Å². The summed E-state index contributed by atoms with van der Waals surface area (Å²) in [5.74, 6) is 0.725. The van der Waals surface area contributed by atoms with Crippen molar-refractivity contribution in [3.63, 3.8) is 0 Å². The average Bonchev–Trinajstić information content (AvgIpc) is 3.89. The second-order valence-electron chi connectivity index (χ2n) is 13.1. The molecule has 0 N–H and O–H groups in total. The number of hydrogen-bond donors (Lipinski definition) is 0. The van der Waals surface area contributed by atoms with Crippen molar-refractivity contribution < 1.29 is 9.21 Å². The fourth-order valence-corrected chi connectivity index (χ4v) is 8.35. The van der Waals surface area contributed by atoms with Crippen molar-refractivity contribution in [1.82, 2.24) is 24.7 Å². The van der Waals surface area contributed by atoms with E-state index in [0.29, 0.717) is 42.2 Å². The fourth-order valence-electron chi connectivity index (χ4n) is 7.19. The van der Waals surface area contributed by atoms with Crippen molar-refractivity contribution in [2.75, 3.05) is 32.7 Å². The lowest BCUT2D eigenvalue weighted by Gasteiger charge is -2.20. The van der Waals surface area contributed by atoms with Crippen LogP contribution >= 0.6 is 11.3 Å². The molecule has 1 fully saturated rings. The quantitative estimate of drug-likeness (QED) is 0.151. The average molecular weight is 659 g/mol. The first-order valence-electron chi connectivity index (χ1n) is 17.1. The van der Waals surface area contributed by atoms with Crippen LogP contribution in [0.5, 0.6) is 0 Å². The highest BCUT2D eigenvalue weighted by Gasteiger charge is 2.29. The van der Waals surface area contributed by atoms with Gasteiger partial charge in [0.2, 0.25) is 11.8 Å². The van der Waals surface area contributed by atoms with Gasteiger partial charge in [-0.1, -0.05) is 44.2 Å². The van der Waals surface area contributed by atoms with Gasteiger partial charge in [-0.25, -0.2) is 9.97 Å². The molecule has 2 aliphatic rings. The normalized spacial score (nSPS) is 14.7. The smallest absolute Gasteiger partial charge is 0.237 e. The third kappa shape index (κ3) is 6.16. The molecule has 5 aromatic rings. The number of aromatic nitrogens is 2. The van der Waals surface area contributed by atoms with Crippen LogP contribution in [-0.2, 0) is 24.4 Å². The molecule has 7 rings (SSSR count). The maximum Gasteiger partial charge on any atom is 0.237 e. The molecular weight excluding hydrogens is 617 g/mol. The summed E-state index contributed by atoms with van der Waals surface area (Å²) in [6, 6.07) is 19.0. The molecule has 0 bridgehead atoms. The molecule has 246 valence electrons. The third-order valence-corrected chi connectivity index (χ3v) is 11.0. The zero-order valence-corrected chi connectivity index (χ0v) is 29.1. The Morgan fingerprint density at radius 2 is 1.69 bits per heavy atom. The molecular formula is C39H42N6O2S. The van der Waals surface area contributed by atoms with Crippen LogP contribution < -0.4 is 0 Å². The number of carbonyl (C=O) groups excluding carboxylic acids is 1. The summed E-state index contributed by atoms with van der Waals surface area (Å²) in [7, 11) is 0. The lowest BCUT2D eigenvalue weighted by atomic mass is 9.91. The molecule has 2 aliphatic heterocycles. The first-order chi connectivity index (χ1) is 23.4. The molecule has 3 aromatic carbocycles. The summed E-state index contributed by atoms with van der Waals surface area (Å²) in [5.41, 5.74) is 10.3. The van der Waals surface area contributed by atoms with Gasteiger partial charge < -0.3 is 9.32 Å². The van der Waals surface area contributed by atoms with Gasteiger partial charge in [-0.05, 0) is 105 Å². The van der Waals surface area contributed by atoms with E-state index in [1.54, 1.807) is 11.3 Å². The number of amides is 1. The van der Waals surface area contributed by atoms with Crippen LogP contribution in [0.4, 0.5) is 0 Å².